The van der Waals surface area contributed by atoms with Crippen molar-refractivity contribution in [2.24, 2.45) is 0 Å². The topological polar surface area (TPSA) is 59.1 Å². The zero-order valence-corrected chi connectivity index (χ0v) is 21.1. The first kappa shape index (κ1) is 25.1. The van der Waals surface area contributed by atoms with E-state index in [-0.39, 0.29) is 24.0 Å². The molecule has 2 aliphatic rings. The van der Waals surface area contributed by atoms with Gasteiger partial charge in [0.25, 0.3) is 11.8 Å². The minimum atomic E-state index is -0.141. The van der Waals surface area contributed by atoms with E-state index in [9.17, 15) is 9.59 Å². The molecule has 2 amide bonds. The normalized spacial score (nSPS) is 21.8. The van der Waals surface area contributed by atoms with Crippen LogP contribution in [0.2, 0.25) is 0 Å². The molecule has 1 saturated carbocycles. The number of nitrogens with zero attached hydrogens (tertiary/aromatic N) is 2. The molecule has 0 aromatic heterocycles. The molecule has 1 aliphatic carbocycles. The van der Waals surface area contributed by atoms with Crippen molar-refractivity contribution >= 4 is 11.8 Å². The maximum Gasteiger partial charge on any atom is 0.257 e. The number of hydrogen-bond acceptors (Lipinski definition) is 4. The molecule has 0 saturated heterocycles. The van der Waals surface area contributed by atoms with Crippen LogP contribution in [0, 0.1) is 0 Å². The van der Waals surface area contributed by atoms with E-state index in [0.29, 0.717) is 30.0 Å². The summed E-state index contributed by atoms with van der Waals surface area (Å²) in [6.45, 7) is 4.17. The maximum absolute atomic E-state index is 13.7. The van der Waals surface area contributed by atoms with Crippen LogP contribution in [0.15, 0.2) is 48.5 Å². The van der Waals surface area contributed by atoms with Gasteiger partial charge < -0.3 is 19.3 Å². The first-order valence-electron chi connectivity index (χ1n) is 13.1. The molecule has 0 spiro atoms. The summed E-state index contributed by atoms with van der Waals surface area (Å²) in [6, 6.07) is 14.9. The molecule has 2 aromatic rings. The predicted molar refractivity (Wildman–Crippen MR) is 137 cm³/mol. The molecule has 0 N–H and O–H groups in total. The van der Waals surface area contributed by atoms with Crippen molar-refractivity contribution in [2.75, 3.05) is 26.7 Å². The molecule has 0 radical (unpaired) electrons. The summed E-state index contributed by atoms with van der Waals surface area (Å²) in [7, 11) is 1.63. The van der Waals surface area contributed by atoms with Gasteiger partial charge >= 0.3 is 0 Å². The number of para-hydroxylation sites is 1. The minimum Gasteiger partial charge on any atom is -0.497 e. The number of methoxy groups -OCH3 is 1. The number of carbonyl (C=O) groups is 2. The molecule has 0 unspecified atom stereocenters. The third kappa shape index (κ3) is 5.98. The van der Waals surface area contributed by atoms with E-state index in [1.807, 2.05) is 65.3 Å². The summed E-state index contributed by atoms with van der Waals surface area (Å²) in [6.07, 6.45) is 7.75. The van der Waals surface area contributed by atoms with E-state index in [2.05, 4.69) is 0 Å². The average Bonchev–Trinajstić information content (AvgIpc) is 2.90. The average molecular weight is 479 g/mol. The van der Waals surface area contributed by atoms with Gasteiger partial charge in [-0.15, -0.1) is 0 Å². The van der Waals surface area contributed by atoms with Gasteiger partial charge in [0.15, 0.2) is 0 Å². The quantitative estimate of drug-likeness (QED) is 0.579. The minimum absolute atomic E-state index is 0.0215. The molecule has 4 rings (SSSR count). The highest BCUT2D eigenvalue weighted by molar-refractivity contribution is 5.97. The molecule has 6 heteroatoms. The number of carbonyl (C=O) groups excluding carboxylic acids is 2. The first-order valence-corrected chi connectivity index (χ1v) is 13.1. The van der Waals surface area contributed by atoms with Crippen LogP contribution < -0.4 is 9.47 Å². The largest absolute Gasteiger partial charge is 0.497 e. The maximum atomic E-state index is 13.7. The van der Waals surface area contributed by atoms with Crippen LogP contribution in [0.5, 0.6) is 11.5 Å². The van der Waals surface area contributed by atoms with Gasteiger partial charge in [-0.1, -0.05) is 31.4 Å². The van der Waals surface area contributed by atoms with Gasteiger partial charge in [0.2, 0.25) is 0 Å². The molecule has 35 heavy (non-hydrogen) atoms. The summed E-state index contributed by atoms with van der Waals surface area (Å²) < 4.78 is 11.9. The van der Waals surface area contributed by atoms with Crippen LogP contribution in [0.3, 0.4) is 0 Å². The molecule has 0 bridgehead atoms. The lowest BCUT2D eigenvalue weighted by atomic mass is 9.90. The Labute approximate surface area is 209 Å². The van der Waals surface area contributed by atoms with Crippen LogP contribution in [-0.4, -0.2) is 60.5 Å². The fraction of sp³-hybridized carbons (Fsp3) is 0.517. The zero-order chi connectivity index (χ0) is 24.6. The van der Waals surface area contributed by atoms with Crippen LogP contribution in [0.1, 0.15) is 79.0 Å². The lowest BCUT2D eigenvalue weighted by molar-refractivity contribution is 0.0267. The summed E-state index contributed by atoms with van der Waals surface area (Å²) in [5.41, 5.74) is 1.29. The van der Waals surface area contributed by atoms with Crippen molar-refractivity contribution in [1.82, 2.24) is 9.80 Å². The summed E-state index contributed by atoms with van der Waals surface area (Å²) in [4.78, 5) is 31.1. The van der Waals surface area contributed by atoms with Gasteiger partial charge in [0.1, 0.15) is 17.6 Å². The third-order valence-corrected chi connectivity index (χ3v) is 7.31. The lowest BCUT2D eigenvalue weighted by Crippen LogP contribution is -2.51. The van der Waals surface area contributed by atoms with Crippen LogP contribution in [-0.2, 0) is 0 Å². The first-order chi connectivity index (χ1) is 17.1. The summed E-state index contributed by atoms with van der Waals surface area (Å²) in [5, 5.41) is 0. The Kier molecular flexibility index (Phi) is 8.67. The van der Waals surface area contributed by atoms with Crippen LogP contribution in [0.25, 0.3) is 0 Å². The van der Waals surface area contributed by atoms with Crippen molar-refractivity contribution in [3.63, 3.8) is 0 Å². The molecule has 2 aromatic carbocycles. The smallest absolute Gasteiger partial charge is 0.257 e. The monoisotopic (exact) mass is 478 g/mol. The lowest BCUT2D eigenvalue weighted by Gasteiger charge is -2.40. The Morgan fingerprint density at radius 3 is 2.40 bits per heavy atom. The van der Waals surface area contributed by atoms with E-state index in [0.717, 1.165) is 63.7 Å². The SMILES string of the molecule is CCN1CCCCCCN(C(=O)c2ccc(OC)cc2)[C@@H]2CCCC[C@@H]2Oc2ccccc2C1=O. The molecule has 1 heterocycles. The molecular weight excluding hydrogens is 440 g/mol. The number of benzene rings is 2. The fourth-order valence-electron chi connectivity index (χ4n) is 5.31. The van der Waals surface area contributed by atoms with Crippen molar-refractivity contribution in [2.45, 2.75) is 70.4 Å². The van der Waals surface area contributed by atoms with Gasteiger partial charge in [0.05, 0.1) is 18.7 Å². The highest BCUT2D eigenvalue weighted by Crippen LogP contribution is 2.31. The van der Waals surface area contributed by atoms with E-state index in [4.69, 9.17) is 9.47 Å². The number of rotatable bonds is 3. The summed E-state index contributed by atoms with van der Waals surface area (Å²) >= 11 is 0. The third-order valence-electron chi connectivity index (χ3n) is 7.31. The second-order valence-electron chi connectivity index (χ2n) is 9.53. The second kappa shape index (κ2) is 12.1. The van der Waals surface area contributed by atoms with E-state index < -0.39 is 0 Å². The Morgan fingerprint density at radius 1 is 0.943 bits per heavy atom. The van der Waals surface area contributed by atoms with Crippen LogP contribution in [0.4, 0.5) is 0 Å². The Hall–Kier alpha value is -3.02. The number of fused-ring (bicyclic) bond motifs is 2. The van der Waals surface area contributed by atoms with E-state index in [1.165, 1.54) is 0 Å². The highest BCUT2D eigenvalue weighted by Gasteiger charge is 2.35. The van der Waals surface area contributed by atoms with Crippen molar-refractivity contribution in [3.05, 3.63) is 59.7 Å². The Balaban J connectivity index is 1.66. The van der Waals surface area contributed by atoms with E-state index >= 15 is 0 Å². The molecular formula is C29H38N2O4. The fourth-order valence-corrected chi connectivity index (χ4v) is 5.31. The van der Waals surface area contributed by atoms with Crippen molar-refractivity contribution in [1.29, 1.82) is 0 Å². The van der Waals surface area contributed by atoms with Gasteiger partial charge in [-0.05, 0) is 75.4 Å². The summed E-state index contributed by atoms with van der Waals surface area (Å²) in [5.74, 6) is 1.44. The number of amides is 2. The molecule has 1 fully saturated rings. The zero-order valence-electron chi connectivity index (χ0n) is 21.1. The van der Waals surface area contributed by atoms with Crippen molar-refractivity contribution < 1.29 is 19.1 Å². The van der Waals surface area contributed by atoms with E-state index in [1.54, 1.807) is 7.11 Å². The predicted octanol–water partition coefficient (Wildman–Crippen LogP) is 5.56. The Morgan fingerprint density at radius 2 is 1.66 bits per heavy atom. The van der Waals surface area contributed by atoms with Crippen molar-refractivity contribution in [3.8, 4) is 11.5 Å². The number of hydrogen-bond donors (Lipinski definition) is 0. The van der Waals surface area contributed by atoms with Gasteiger partial charge in [-0.2, -0.15) is 0 Å². The molecule has 188 valence electrons. The molecule has 6 nitrogen and oxygen atoms in total. The number of ether oxygens (including phenoxy) is 2. The van der Waals surface area contributed by atoms with Crippen LogP contribution >= 0.6 is 0 Å². The molecule has 2 atom stereocenters. The Bertz CT molecular complexity index is 990. The van der Waals surface area contributed by atoms with Gasteiger partial charge in [-0.3, -0.25) is 9.59 Å². The standard InChI is InChI=1S/C29H38N2O4/c1-3-30-20-10-4-5-11-21-31(28(32)22-16-18-23(34-2)19-17-22)25-13-7-9-15-27(25)35-26-14-8-6-12-24(26)29(30)33/h6,8,12,14,16-19,25,27H,3-5,7,9-11,13,15,20-21H2,1-2H3/t25-,27+/m1/s1. The molecule has 1 aliphatic heterocycles. The second-order valence-corrected chi connectivity index (χ2v) is 9.53. The van der Waals surface area contributed by atoms with Gasteiger partial charge in [0, 0.05) is 25.2 Å². The highest BCUT2D eigenvalue weighted by atomic mass is 16.5. The van der Waals surface area contributed by atoms with Gasteiger partial charge in [-0.25, -0.2) is 0 Å².